The van der Waals surface area contributed by atoms with Crippen LogP contribution in [-0.4, -0.2) is 50.9 Å². The summed E-state index contributed by atoms with van der Waals surface area (Å²) in [4.78, 5) is 13.2. The molecule has 0 radical (unpaired) electrons. The molecule has 21 heavy (non-hydrogen) atoms. The van der Waals surface area contributed by atoms with Crippen LogP contribution in [0.3, 0.4) is 0 Å². The standard InChI is InChI=1S/C14H25N5OS/c1-11-6-8-12(9-7-11)19-14(15-16-17-19)21-10-4-5-13(20)18(2)3/h11-12H,4-10H2,1-3H3. The number of nitrogens with zero attached hydrogens (tertiary/aromatic N) is 5. The van der Waals surface area contributed by atoms with E-state index in [-0.39, 0.29) is 5.91 Å². The van der Waals surface area contributed by atoms with Gasteiger partial charge in [0.2, 0.25) is 11.1 Å². The predicted molar refractivity (Wildman–Crippen MR) is 83.1 cm³/mol. The SMILES string of the molecule is CC1CCC(n2nnnc2SCCCC(=O)N(C)C)CC1. The molecule has 6 nitrogen and oxygen atoms in total. The summed E-state index contributed by atoms with van der Waals surface area (Å²) in [5.74, 6) is 1.88. The Hall–Kier alpha value is -1.11. The van der Waals surface area contributed by atoms with Crippen molar-refractivity contribution < 1.29 is 4.79 Å². The Morgan fingerprint density at radius 2 is 2.05 bits per heavy atom. The van der Waals surface area contributed by atoms with Crippen molar-refractivity contribution in [2.75, 3.05) is 19.8 Å². The molecule has 2 rings (SSSR count). The Balaban J connectivity index is 1.79. The molecule has 0 saturated heterocycles. The van der Waals surface area contributed by atoms with E-state index in [4.69, 9.17) is 0 Å². The number of amides is 1. The third-order valence-electron chi connectivity index (χ3n) is 4.06. The third kappa shape index (κ3) is 4.69. The van der Waals surface area contributed by atoms with Crippen molar-refractivity contribution in [1.82, 2.24) is 25.1 Å². The first-order chi connectivity index (χ1) is 10.1. The lowest BCUT2D eigenvalue weighted by Crippen LogP contribution is -2.21. The van der Waals surface area contributed by atoms with Crippen molar-refractivity contribution in [3.63, 3.8) is 0 Å². The Morgan fingerprint density at radius 3 is 2.71 bits per heavy atom. The lowest BCUT2D eigenvalue weighted by Gasteiger charge is -2.26. The monoisotopic (exact) mass is 311 g/mol. The number of hydrogen-bond acceptors (Lipinski definition) is 5. The van der Waals surface area contributed by atoms with Crippen LogP contribution in [0.1, 0.15) is 51.5 Å². The molecule has 1 aliphatic rings. The van der Waals surface area contributed by atoms with E-state index in [1.165, 1.54) is 25.7 Å². The molecule has 1 saturated carbocycles. The zero-order valence-corrected chi connectivity index (χ0v) is 14.0. The number of carbonyl (C=O) groups is 1. The van der Waals surface area contributed by atoms with E-state index in [2.05, 4.69) is 22.4 Å². The minimum absolute atomic E-state index is 0.177. The van der Waals surface area contributed by atoms with Gasteiger partial charge in [0.1, 0.15) is 0 Å². The van der Waals surface area contributed by atoms with E-state index < -0.39 is 0 Å². The third-order valence-corrected chi connectivity index (χ3v) is 5.08. The maximum Gasteiger partial charge on any atom is 0.222 e. The molecule has 0 unspecified atom stereocenters. The zero-order chi connectivity index (χ0) is 15.2. The Bertz CT molecular complexity index is 454. The average molecular weight is 311 g/mol. The normalized spacial score (nSPS) is 22.2. The van der Waals surface area contributed by atoms with Gasteiger partial charge in [0, 0.05) is 26.3 Å². The van der Waals surface area contributed by atoms with Crippen LogP contribution in [0.4, 0.5) is 0 Å². The van der Waals surface area contributed by atoms with Gasteiger partial charge < -0.3 is 4.90 Å². The second-order valence-corrected chi connectivity index (χ2v) is 7.12. The van der Waals surface area contributed by atoms with Crippen LogP contribution < -0.4 is 0 Å². The van der Waals surface area contributed by atoms with Crippen molar-refractivity contribution >= 4 is 17.7 Å². The van der Waals surface area contributed by atoms with E-state index in [1.807, 2.05) is 4.68 Å². The van der Waals surface area contributed by atoms with E-state index in [1.54, 1.807) is 30.8 Å². The maximum absolute atomic E-state index is 11.5. The highest BCUT2D eigenvalue weighted by atomic mass is 32.2. The smallest absolute Gasteiger partial charge is 0.222 e. The topological polar surface area (TPSA) is 63.9 Å². The number of rotatable bonds is 6. The summed E-state index contributed by atoms with van der Waals surface area (Å²) in [5, 5.41) is 13.0. The first-order valence-electron chi connectivity index (χ1n) is 7.68. The van der Waals surface area contributed by atoms with Gasteiger partial charge in [-0.15, -0.1) is 5.10 Å². The minimum Gasteiger partial charge on any atom is -0.349 e. The fourth-order valence-electron chi connectivity index (χ4n) is 2.61. The van der Waals surface area contributed by atoms with Crippen molar-refractivity contribution in [3.8, 4) is 0 Å². The number of hydrogen-bond donors (Lipinski definition) is 0. The second-order valence-electron chi connectivity index (χ2n) is 6.06. The lowest BCUT2D eigenvalue weighted by molar-refractivity contribution is -0.128. The molecule has 0 aromatic carbocycles. The highest BCUT2D eigenvalue weighted by Gasteiger charge is 2.23. The first kappa shape index (κ1) is 16.3. The van der Waals surface area contributed by atoms with Crippen LogP contribution in [0.25, 0.3) is 0 Å². The van der Waals surface area contributed by atoms with Crippen molar-refractivity contribution in [1.29, 1.82) is 0 Å². The van der Waals surface area contributed by atoms with Crippen molar-refractivity contribution in [2.24, 2.45) is 5.92 Å². The van der Waals surface area contributed by atoms with E-state index in [0.717, 1.165) is 23.2 Å². The molecule has 118 valence electrons. The molecule has 1 fully saturated rings. The van der Waals surface area contributed by atoms with Crippen LogP contribution in [0.5, 0.6) is 0 Å². The first-order valence-corrected chi connectivity index (χ1v) is 8.67. The van der Waals surface area contributed by atoms with E-state index in [9.17, 15) is 4.79 Å². The summed E-state index contributed by atoms with van der Waals surface area (Å²) in [6, 6.07) is 0.446. The minimum atomic E-state index is 0.177. The molecular weight excluding hydrogens is 286 g/mol. The molecule has 1 aromatic rings. The summed E-state index contributed by atoms with van der Waals surface area (Å²) in [6.45, 7) is 2.31. The quantitative estimate of drug-likeness (QED) is 0.596. The maximum atomic E-state index is 11.5. The molecule has 1 amide bonds. The van der Waals surface area contributed by atoms with Crippen LogP contribution in [-0.2, 0) is 4.79 Å². The highest BCUT2D eigenvalue weighted by molar-refractivity contribution is 7.99. The summed E-state index contributed by atoms with van der Waals surface area (Å²) >= 11 is 1.66. The fourth-order valence-corrected chi connectivity index (χ4v) is 3.49. The fraction of sp³-hybridized carbons (Fsp3) is 0.857. The summed E-state index contributed by atoms with van der Waals surface area (Å²) in [5.41, 5.74) is 0. The van der Waals surface area contributed by atoms with Crippen LogP contribution >= 0.6 is 11.8 Å². The number of aromatic nitrogens is 4. The van der Waals surface area contributed by atoms with Gasteiger partial charge >= 0.3 is 0 Å². The Kier molecular flexibility index (Phi) is 6.02. The van der Waals surface area contributed by atoms with Gasteiger partial charge in [-0.25, -0.2) is 4.68 Å². The molecule has 1 aliphatic carbocycles. The molecule has 7 heteroatoms. The average Bonchev–Trinajstić information content (AvgIpc) is 2.92. The summed E-state index contributed by atoms with van der Waals surface area (Å²) in [7, 11) is 3.58. The molecule has 0 aliphatic heterocycles. The van der Waals surface area contributed by atoms with Gasteiger partial charge in [-0.2, -0.15) is 0 Å². The highest BCUT2D eigenvalue weighted by Crippen LogP contribution is 2.33. The van der Waals surface area contributed by atoms with Gasteiger partial charge in [-0.05, 0) is 48.4 Å². The molecule has 0 spiro atoms. The zero-order valence-electron chi connectivity index (χ0n) is 13.2. The largest absolute Gasteiger partial charge is 0.349 e. The van der Waals surface area contributed by atoms with Gasteiger partial charge in [0.15, 0.2) is 0 Å². The van der Waals surface area contributed by atoms with Crippen molar-refractivity contribution in [3.05, 3.63) is 0 Å². The molecule has 0 bridgehead atoms. The van der Waals surface area contributed by atoms with Crippen LogP contribution in [0.2, 0.25) is 0 Å². The van der Waals surface area contributed by atoms with E-state index in [0.29, 0.717) is 12.5 Å². The molecule has 0 N–H and O–H groups in total. The molecule has 0 atom stereocenters. The molecule has 1 heterocycles. The van der Waals surface area contributed by atoms with Crippen LogP contribution in [0, 0.1) is 5.92 Å². The summed E-state index contributed by atoms with van der Waals surface area (Å²) in [6.07, 6.45) is 6.29. The van der Waals surface area contributed by atoms with Gasteiger partial charge in [-0.1, -0.05) is 18.7 Å². The number of tetrazole rings is 1. The predicted octanol–water partition coefficient (Wildman–Crippen LogP) is 2.38. The number of carbonyl (C=O) groups excluding carboxylic acids is 1. The Labute approximate surface area is 130 Å². The second kappa shape index (κ2) is 7.77. The molecular formula is C14H25N5OS. The van der Waals surface area contributed by atoms with Gasteiger partial charge in [-0.3, -0.25) is 4.79 Å². The lowest BCUT2D eigenvalue weighted by atomic mass is 9.87. The van der Waals surface area contributed by atoms with Crippen LogP contribution in [0.15, 0.2) is 5.16 Å². The van der Waals surface area contributed by atoms with Gasteiger partial charge in [0.05, 0.1) is 6.04 Å². The molecule has 1 aromatic heterocycles. The van der Waals surface area contributed by atoms with E-state index >= 15 is 0 Å². The number of thioether (sulfide) groups is 1. The van der Waals surface area contributed by atoms with Gasteiger partial charge in [0.25, 0.3) is 0 Å². The Morgan fingerprint density at radius 1 is 1.33 bits per heavy atom. The van der Waals surface area contributed by atoms with Crippen molar-refractivity contribution in [2.45, 2.75) is 56.6 Å². The summed E-state index contributed by atoms with van der Waals surface area (Å²) < 4.78 is 1.99.